The Bertz CT molecular complexity index is 1020. The average Bonchev–Trinajstić information content (AvgIpc) is 2.98. The topological polar surface area (TPSA) is 80.2 Å². The van der Waals surface area contributed by atoms with E-state index in [1.54, 1.807) is 35.6 Å². The van der Waals surface area contributed by atoms with E-state index >= 15 is 0 Å². The molecule has 1 aliphatic rings. The van der Waals surface area contributed by atoms with Crippen molar-refractivity contribution >= 4 is 17.6 Å². The van der Waals surface area contributed by atoms with Gasteiger partial charge in [-0.15, -0.1) is 0 Å². The predicted octanol–water partition coefficient (Wildman–Crippen LogP) is 3.15. The zero-order valence-electron chi connectivity index (χ0n) is 17.0. The zero-order chi connectivity index (χ0) is 22.8. The van der Waals surface area contributed by atoms with Crippen LogP contribution < -0.4 is 14.8 Å². The van der Waals surface area contributed by atoms with Crippen molar-refractivity contribution in [3.05, 3.63) is 59.7 Å². The number of hydrogen-bond acceptors (Lipinski definition) is 5. The summed E-state index contributed by atoms with van der Waals surface area (Å²) in [5.74, 6) is -2.22. The molecule has 0 saturated heterocycles. The number of benzene rings is 2. The Kier molecular flexibility index (Phi) is 5.92. The van der Waals surface area contributed by atoms with Crippen LogP contribution in [0, 0.1) is 0 Å². The maximum atomic E-state index is 14.1. The first-order valence-electron chi connectivity index (χ1n) is 9.16. The minimum atomic E-state index is -5.16. The van der Waals surface area contributed by atoms with E-state index in [1.807, 2.05) is 0 Å². The van der Waals surface area contributed by atoms with Crippen LogP contribution in [0.3, 0.4) is 0 Å². The van der Waals surface area contributed by atoms with Gasteiger partial charge >= 0.3 is 11.8 Å². The van der Waals surface area contributed by atoms with Crippen LogP contribution in [0.4, 0.5) is 13.2 Å². The fraction of sp³-hybridized carbons (Fsp3) is 0.286. The van der Waals surface area contributed by atoms with E-state index in [1.165, 1.54) is 39.3 Å². The first-order valence-corrected chi connectivity index (χ1v) is 9.16. The molecule has 0 bridgehead atoms. The molecule has 1 aliphatic heterocycles. The number of nitrogens with zero attached hydrogens (tertiary/aromatic N) is 2. The average molecular weight is 435 g/mol. The lowest BCUT2D eigenvalue weighted by Crippen LogP contribution is -2.63. The van der Waals surface area contributed by atoms with Gasteiger partial charge < -0.3 is 14.8 Å². The SMILES string of the molecule is COc1ccc(C(=O)NC2(C(F)(F)F)N=C(C)N(Cc3ccccc3)C2=O)cc1OC. The molecule has 31 heavy (non-hydrogen) atoms. The van der Waals surface area contributed by atoms with Gasteiger partial charge in [0.15, 0.2) is 11.5 Å². The van der Waals surface area contributed by atoms with E-state index in [0.29, 0.717) is 11.3 Å². The van der Waals surface area contributed by atoms with Crippen LogP contribution >= 0.6 is 0 Å². The van der Waals surface area contributed by atoms with Crippen molar-refractivity contribution in [1.82, 2.24) is 10.2 Å². The smallest absolute Gasteiger partial charge is 0.442 e. The fourth-order valence-electron chi connectivity index (χ4n) is 3.20. The molecule has 1 N–H and O–H groups in total. The first kappa shape index (κ1) is 22.1. The summed E-state index contributed by atoms with van der Waals surface area (Å²) in [4.78, 5) is 30.1. The summed E-state index contributed by atoms with van der Waals surface area (Å²) in [7, 11) is 2.71. The Hall–Kier alpha value is -3.56. The van der Waals surface area contributed by atoms with E-state index < -0.39 is 23.7 Å². The lowest BCUT2D eigenvalue weighted by molar-refractivity contribution is -0.196. The molecule has 2 amide bonds. The highest BCUT2D eigenvalue weighted by atomic mass is 19.4. The second kappa shape index (κ2) is 8.29. The van der Waals surface area contributed by atoms with Crippen molar-refractivity contribution in [2.75, 3.05) is 14.2 Å². The molecule has 0 aromatic heterocycles. The van der Waals surface area contributed by atoms with Crippen molar-refractivity contribution < 1.29 is 32.2 Å². The third-order valence-electron chi connectivity index (χ3n) is 4.81. The number of ether oxygens (including phenoxy) is 2. The monoisotopic (exact) mass is 435 g/mol. The van der Waals surface area contributed by atoms with E-state index in [-0.39, 0.29) is 23.7 Å². The summed E-state index contributed by atoms with van der Waals surface area (Å²) in [6, 6.07) is 12.4. The van der Waals surface area contributed by atoms with Crippen molar-refractivity contribution in [2.45, 2.75) is 25.3 Å². The second-order valence-electron chi connectivity index (χ2n) is 6.77. The van der Waals surface area contributed by atoms with E-state index in [9.17, 15) is 22.8 Å². The summed E-state index contributed by atoms with van der Waals surface area (Å²) >= 11 is 0. The number of alkyl halides is 3. The van der Waals surface area contributed by atoms with Crippen molar-refractivity contribution in [1.29, 1.82) is 0 Å². The number of carbonyl (C=O) groups is 2. The molecule has 0 saturated carbocycles. The number of rotatable bonds is 6. The number of aliphatic imine (C=N–C) groups is 1. The lowest BCUT2D eigenvalue weighted by Gasteiger charge is -2.29. The molecule has 0 spiro atoms. The Morgan fingerprint density at radius 2 is 1.74 bits per heavy atom. The molecule has 1 atom stereocenters. The number of amidine groups is 1. The standard InChI is InChI=1S/C21H20F3N3O4/c1-13-25-20(21(22,23)24,19(29)27(13)12-14-7-5-4-6-8-14)26-18(28)15-9-10-16(30-2)17(11-15)31-3/h4-11H,12H2,1-3H3,(H,26,28). The highest BCUT2D eigenvalue weighted by molar-refractivity contribution is 6.10. The quantitative estimate of drug-likeness (QED) is 0.756. The number of amides is 2. The Morgan fingerprint density at radius 3 is 2.32 bits per heavy atom. The van der Waals surface area contributed by atoms with Crippen molar-refractivity contribution in [3.8, 4) is 11.5 Å². The van der Waals surface area contributed by atoms with Crippen LogP contribution in [0.1, 0.15) is 22.8 Å². The Labute approximate surface area is 176 Å². The third kappa shape index (κ3) is 4.05. The molecule has 1 unspecified atom stereocenters. The van der Waals surface area contributed by atoms with Gasteiger partial charge in [-0.2, -0.15) is 13.2 Å². The number of carbonyl (C=O) groups excluding carboxylic acids is 2. The van der Waals surface area contributed by atoms with E-state index in [4.69, 9.17) is 9.47 Å². The summed E-state index contributed by atoms with van der Waals surface area (Å²) in [6.45, 7) is 1.18. The maximum absolute atomic E-state index is 14.1. The molecule has 3 rings (SSSR count). The third-order valence-corrected chi connectivity index (χ3v) is 4.81. The van der Waals surface area contributed by atoms with Gasteiger partial charge in [-0.1, -0.05) is 30.3 Å². The highest BCUT2D eigenvalue weighted by Gasteiger charge is 2.66. The molecular formula is C21H20F3N3O4. The number of nitrogens with one attached hydrogen (secondary N) is 1. The number of halogens is 3. The summed E-state index contributed by atoms with van der Waals surface area (Å²) < 4.78 is 52.4. The molecule has 0 aliphatic carbocycles. The van der Waals surface area contributed by atoms with Crippen molar-refractivity contribution in [2.24, 2.45) is 4.99 Å². The van der Waals surface area contributed by atoms with Crippen LogP contribution in [0.2, 0.25) is 0 Å². The summed E-state index contributed by atoms with van der Waals surface area (Å²) in [5, 5.41) is 1.79. The van der Waals surface area contributed by atoms with Crippen LogP contribution in [0.25, 0.3) is 0 Å². The second-order valence-corrected chi connectivity index (χ2v) is 6.77. The van der Waals surface area contributed by atoms with Crippen LogP contribution in [0.15, 0.2) is 53.5 Å². The molecule has 164 valence electrons. The van der Waals surface area contributed by atoms with Gasteiger partial charge in [0.05, 0.1) is 20.8 Å². The van der Waals surface area contributed by atoms with Crippen LogP contribution in [-0.2, 0) is 11.3 Å². The predicted molar refractivity (Wildman–Crippen MR) is 106 cm³/mol. The van der Waals surface area contributed by atoms with Gasteiger partial charge in [-0.25, -0.2) is 4.99 Å². The molecule has 0 fully saturated rings. The van der Waals surface area contributed by atoms with Gasteiger partial charge in [0.2, 0.25) is 0 Å². The first-order chi connectivity index (χ1) is 14.6. The Morgan fingerprint density at radius 1 is 1.10 bits per heavy atom. The number of hydrogen-bond donors (Lipinski definition) is 1. The lowest BCUT2D eigenvalue weighted by atomic mass is 10.1. The van der Waals surface area contributed by atoms with Crippen molar-refractivity contribution in [3.63, 3.8) is 0 Å². The summed E-state index contributed by atoms with van der Waals surface area (Å²) in [6.07, 6.45) is -5.16. The molecule has 1 heterocycles. The van der Waals surface area contributed by atoms with Gasteiger partial charge in [0.25, 0.3) is 11.8 Å². The minimum absolute atomic E-state index is 0.112. The largest absolute Gasteiger partial charge is 0.493 e. The molecule has 0 radical (unpaired) electrons. The van der Waals surface area contributed by atoms with E-state index in [0.717, 1.165) is 4.90 Å². The number of methoxy groups -OCH3 is 2. The van der Waals surface area contributed by atoms with Crippen LogP contribution in [0.5, 0.6) is 11.5 Å². The molecule has 2 aromatic rings. The molecule has 7 nitrogen and oxygen atoms in total. The molecular weight excluding hydrogens is 415 g/mol. The van der Waals surface area contributed by atoms with Gasteiger partial charge in [0.1, 0.15) is 5.84 Å². The minimum Gasteiger partial charge on any atom is -0.493 e. The fourth-order valence-corrected chi connectivity index (χ4v) is 3.20. The normalized spacial score (nSPS) is 18.6. The summed E-state index contributed by atoms with van der Waals surface area (Å²) in [5.41, 5.74) is -2.95. The Balaban J connectivity index is 1.94. The molecule has 2 aromatic carbocycles. The van der Waals surface area contributed by atoms with Gasteiger partial charge in [-0.3, -0.25) is 14.5 Å². The van der Waals surface area contributed by atoms with Gasteiger partial charge in [0, 0.05) is 5.56 Å². The zero-order valence-corrected chi connectivity index (χ0v) is 17.0. The maximum Gasteiger partial charge on any atom is 0.442 e. The molecule has 10 heteroatoms. The van der Waals surface area contributed by atoms with Gasteiger partial charge in [-0.05, 0) is 30.7 Å². The van der Waals surface area contributed by atoms with E-state index in [2.05, 4.69) is 4.99 Å². The van der Waals surface area contributed by atoms with Crippen LogP contribution in [-0.4, -0.2) is 48.6 Å². The highest BCUT2D eigenvalue weighted by Crippen LogP contribution is 2.38.